The minimum atomic E-state index is -1.19. The molecule has 2 rings (SSSR count). The van der Waals surface area contributed by atoms with E-state index in [1.807, 2.05) is 61.5 Å². The van der Waals surface area contributed by atoms with E-state index in [0.29, 0.717) is 12.8 Å². The highest BCUT2D eigenvalue weighted by atomic mass is 16.4. The second-order valence-corrected chi connectivity index (χ2v) is 7.38. The highest BCUT2D eigenvalue weighted by molar-refractivity contribution is 6.59. The smallest absolute Gasteiger partial charge is 0.305 e. The van der Waals surface area contributed by atoms with Gasteiger partial charge in [0.05, 0.1) is 18.9 Å². The molecule has 0 unspecified atom stereocenters. The molecule has 0 aliphatic carbocycles. The van der Waals surface area contributed by atoms with Crippen LogP contribution in [0.15, 0.2) is 54.6 Å². The molecular weight excluding hydrogens is 395 g/mol. The summed E-state index contributed by atoms with van der Waals surface area (Å²) in [7, 11) is 1.22. The maximum Gasteiger partial charge on any atom is 0.305 e. The minimum Gasteiger partial charge on any atom is -0.481 e. The lowest BCUT2D eigenvalue weighted by molar-refractivity contribution is -0.139. The fourth-order valence-electron chi connectivity index (χ4n) is 3.29. The van der Waals surface area contributed by atoms with E-state index in [9.17, 15) is 19.2 Å². The molecule has 2 atom stereocenters. The van der Waals surface area contributed by atoms with Crippen molar-refractivity contribution in [1.29, 1.82) is 0 Å². The Labute approximate surface area is 182 Å². The van der Waals surface area contributed by atoms with Crippen LogP contribution >= 0.6 is 0 Å². The predicted molar refractivity (Wildman–Crippen MR) is 120 cm³/mol. The van der Waals surface area contributed by atoms with Crippen LogP contribution in [0.1, 0.15) is 31.7 Å². The zero-order valence-electron chi connectivity index (χ0n) is 17.8. The first-order chi connectivity index (χ1) is 14.8. The van der Waals surface area contributed by atoms with Crippen LogP contribution in [0.5, 0.6) is 0 Å². The summed E-state index contributed by atoms with van der Waals surface area (Å²) in [5.41, 5.74) is 2.31. The molecule has 0 aliphatic rings. The zero-order valence-corrected chi connectivity index (χ0v) is 17.8. The molecule has 2 aromatic carbocycles. The summed E-state index contributed by atoms with van der Waals surface area (Å²) in [6.45, 7) is 1.87. The minimum absolute atomic E-state index is 0.0871. The van der Waals surface area contributed by atoms with Gasteiger partial charge in [-0.3, -0.25) is 14.4 Å². The van der Waals surface area contributed by atoms with Crippen LogP contribution in [-0.4, -0.2) is 48.5 Å². The van der Waals surface area contributed by atoms with Gasteiger partial charge in [-0.05, 0) is 23.1 Å². The lowest BCUT2D eigenvalue weighted by Gasteiger charge is -2.21. The fourth-order valence-corrected chi connectivity index (χ4v) is 3.29. The van der Waals surface area contributed by atoms with Gasteiger partial charge in [-0.25, -0.2) is 0 Å². The topological polar surface area (TPSA) is 113 Å². The van der Waals surface area contributed by atoms with Crippen molar-refractivity contribution in [3.8, 4) is 11.1 Å². The summed E-state index contributed by atoms with van der Waals surface area (Å²) in [6.07, 6.45) is 0.584. The molecule has 0 aliphatic heterocycles. The molecule has 2 aromatic rings. The molecule has 31 heavy (non-hydrogen) atoms. The van der Waals surface area contributed by atoms with Crippen molar-refractivity contribution in [2.45, 2.75) is 44.7 Å². The van der Waals surface area contributed by atoms with Gasteiger partial charge in [-0.2, -0.15) is 0 Å². The van der Waals surface area contributed by atoms with E-state index in [4.69, 9.17) is 5.11 Å². The Morgan fingerprint density at radius 2 is 1.58 bits per heavy atom. The summed E-state index contributed by atoms with van der Waals surface area (Å²) in [6, 6.07) is 15.3. The van der Waals surface area contributed by atoms with E-state index in [0.717, 1.165) is 16.7 Å². The van der Waals surface area contributed by atoms with Crippen molar-refractivity contribution in [2.75, 3.05) is 0 Å². The Hall–Kier alpha value is -3.42. The van der Waals surface area contributed by atoms with Crippen LogP contribution in [0.4, 0.5) is 0 Å². The van der Waals surface area contributed by atoms with E-state index in [-0.39, 0.29) is 12.3 Å². The van der Waals surface area contributed by atoms with Crippen molar-refractivity contribution in [3.63, 3.8) is 0 Å². The van der Waals surface area contributed by atoms with Crippen LogP contribution in [0.25, 0.3) is 11.1 Å². The first kappa shape index (κ1) is 23.9. The summed E-state index contributed by atoms with van der Waals surface area (Å²) >= 11 is 0. The van der Waals surface area contributed by atoms with Gasteiger partial charge in [0.25, 0.3) is 0 Å². The second-order valence-electron chi connectivity index (χ2n) is 7.38. The third-order valence-corrected chi connectivity index (χ3v) is 4.87. The monoisotopic (exact) mass is 422 g/mol. The Balaban J connectivity index is 2.10. The average Bonchev–Trinajstić information content (AvgIpc) is 2.73. The summed E-state index contributed by atoms with van der Waals surface area (Å²) < 4.78 is 0. The SMILES string of the molecule is BC(=O)[C@H](CC(=O)O)NC(=O)[C@H](CCC)NC(=O)Cc1ccccc1-c1ccccc1. The van der Waals surface area contributed by atoms with Crippen LogP contribution in [0, 0.1) is 0 Å². The third kappa shape index (κ3) is 7.40. The number of benzene rings is 2. The Kier molecular flexibility index (Phi) is 9.00. The molecule has 0 saturated heterocycles. The molecule has 3 N–H and O–H groups in total. The number of hydrogen-bond donors (Lipinski definition) is 3. The third-order valence-electron chi connectivity index (χ3n) is 4.87. The van der Waals surface area contributed by atoms with Gasteiger partial charge in [-0.15, -0.1) is 0 Å². The maximum atomic E-state index is 12.7. The Morgan fingerprint density at radius 3 is 2.19 bits per heavy atom. The highest BCUT2D eigenvalue weighted by Gasteiger charge is 2.26. The van der Waals surface area contributed by atoms with Crippen LogP contribution in [0.2, 0.25) is 0 Å². The Morgan fingerprint density at radius 1 is 0.935 bits per heavy atom. The summed E-state index contributed by atoms with van der Waals surface area (Å²) in [5, 5.41) is 14.1. The lowest BCUT2D eigenvalue weighted by atomic mass is 9.92. The van der Waals surface area contributed by atoms with E-state index in [2.05, 4.69) is 10.6 Å². The number of carboxylic acids is 1. The molecule has 0 aromatic heterocycles. The normalized spacial score (nSPS) is 12.4. The van der Waals surface area contributed by atoms with Crippen molar-refractivity contribution >= 4 is 31.3 Å². The summed E-state index contributed by atoms with van der Waals surface area (Å²) in [4.78, 5) is 48.0. The number of nitrogens with one attached hydrogen (secondary N) is 2. The van der Waals surface area contributed by atoms with Crippen molar-refractivity contribution < 1.29 is 24.3 Å². The molecule has 0 fully saturated rings. The fraction of sp³-hybridized carbons (Fsp3) is 0.304. The van der Waals surface area contributed by atoms with E-state index in [1.54, 1.807) is 0 Å². The van der Waals surface area contributed by atoms with Crippen molar-refractivity contribution in [1.82, 2.24) is 10.6 Å². The average molecular weight is 422 g/mol. The molecule has 162 valence electrons. The molecule has 2 amide bonds. The van der Waals surface area contributed by atoms with Crippen molar-refractivity contribution in [3.05, 3.63) is 60.2 Å². The number of rotatable bonds is 11. The largest absolute Gasteiger partial charge is 0.481 e. The van der Waals surface area contributed by atoms with Gasteiger partial charge in [0, 0.05) is 0 Å². The van der Waals surface area contributed by atoms with Gasteiger partial charge >= 0.3 is 5.97 Å². The Bertz CT molecular complexity index is 933. The number of hydrogen-bond acceptors (Lipinski definition) is 4. The molecule has 0 saturated carbocycles. The van der Waals surface area contributed by atoms with Crippen LogP contribution in [0.3, 0.4) is 0 Å². The molecule has 8 heteroatoms. The number of carbonyl (C=O) groups excluding carboxylic acids is 3. The van der Waals surface area contributed by atoms with E-state index in [1.165, 1.54) is 7.85 Å². The lowest BCUT2D eigenvalue weighted by Crippen LogP contribution is -2.52. The maximum absolute atomic E-state index is 12.7. The quantitative estimate of drug-likeness (QED) is 0.473. The van der Waals surface area contributed by atoms with Crippen molar-refractivity contribution in [2.24, 2.45) is 0 Å². The first-order valence-corrected chi connectivity index (χ1v) is 10.3. The standard InChI is InChI=1S/C23H27BN2O5/c1-2-8-18(23(31)26-19(22(24)30)14-21(28)29)25-20(27)13-16-11-6-7-12-17(16)15-9-4-3-5-10-15/h3-7,9-12,18-19H,2,8,13-14,24H2,1H3,(H,25,27)(H,26,31)(H,28,29)/t18-,19-/m0/s1. The number of carbonyl (C=O) groups is 4. The van der Waals surface area contributed by atoms with Gasteiger partial charge in [0.1, 0.15) is 11.7 Å². The highest BCUT2D eigenvalue weighted by Crippen LogP contribution is 2.23. The predicted octanol–water partition coefficient (Wildman–Crippen LogP) is 1.30. The van der Waals surface area contributed by atoms with Gasteiger partial charge in [-0.1, -0.05) is 67.9 Å². The van der Waals surface area contributed by atoms with E-state index >= 15 is 0 Å². The van der Waals surface area contributed by atoms with Crippen LogP contribution in [-0.2, 0) is 25.6 Å². The molecule has 0 radical (unpaired) electrons. The molecule has 7 nitrogen and oxygen atoms in total. The summed E-state index contributed by atoms with van der Waals surface area (Å²) in [5.74, 6) is -2.07. The van der Waals surface area contributed by atoms with E-state index < -0.39 is 36.1 Å². The molecule has 0 heterocycles. The second kappa shape index (κ2) is 11.7. The molecule has 0 bridgehead atoms. The first-order valence-electron chi connectivity index (χ1n) is 10.3. The van der Waals surface area contributed by atoms with Gasteiger partial charge in [0.15, 0.2) is 7.85 Å². The molecule has 0 spiro atoms. The number of carboxylic acid groups (broad SMARTS) is 1. The number of aliphatic carboxylic acids is 1. The van der Waals surface area contributed by atoms with Gasteiger partial charge < -0.3 is 20.5 Å². The zero-order chi connectivity index (χ0) is 22.8. The van der Waals surface area contributed by atoms with Gasteiger partial charge in [0.2, 0.25) is 11.8 Å². The molecular formula is C23H27BN2O5. The van der Waals surface area contributed by atoms with Crippen LogP contribution < -0.4 is 10.6 Å². The number of amides is 2.